The van der Waals surface area contributed by atoms with E-state index in [9.17, 15) is 9.59 Å². The zero-order valence-electron chi connectivity index (χ0n) is 16.1. The number of nitrogens with zero attached hydrogens (tertiary/aromatic N) is 1. The lowest BCUT2D eigenvalue weighted by Gasteiger charge is -2.31. The third-order valence-corrected chi connectivity index (χ3v) is 4.80. The van der Waals surface area contributed by atoms with Crippen molar-refractivity contribution < 1.29 is 24.0 Å². The van der Waals surface area contributed by atoms with E-state index in [1.165, 1.54) is 4.90 Å². The molecule has 0 aliphatic carbocycles. The van der Waals surface area contributed by atoms with Crippen molar-refractivity contribution in [3.05, 3.63) is 28.8 Å². The number of rotatable bonds is 9. The average molecular weight is 399 g/mol. The Hall–Kier alpha value is -1.83. The summed E-state index contributed by atoms with van der Waals surface area (Å²) in [5.74, 6) is 0.678. The molecule has 1 heterocycles. The van der Waals surface area contributed by atoms with Gasteiger partial charge >= 0.3 is 0 Å². The largest absolute Gasteiger partial charge is 0.483 e. The molecule has 1 aromatic carbocycles. The second kappa shape index (κ2) is 11.1. The van der Waals surface area contributed by atoms with Crippen LogP contribution in [0.4, 0.5) is 0 Å². The van der Waals surface area contributed by atoms with Crippen LogP contribution >= 0.6 is 11.6 Å². The van der Waals surface area contributed by atoms with Crippen LogP contribution in [0, 0.1) is 6.92 Å². The second-order valence-corrected chi connectivity index (χ2v) is 7.14. The Labute approximate surface area is 165 Å². The summed E-state index contributed by atoms with van der Waals surface area (Å²) in [6.07, 6.45) is 0.812. The third-order valence-electron chi connectivity index (χ3n) is 4.57. The minimum atomic E-state index is -0.0348. The van der Waals surface area contributed by atoms with Gasteiger partial charge in [0.15, 0.2) is 13.2 Å². The minimum Gasteiger partial charge on any atom is -0.483 e. The van der Waals surface area contributed by atoms with Crippen molar-refractivity contribution in [3.8, 4) is 5.75 Å². The van der Waals surface area contributed by atoms with Crippen LogP contribution in [0.3, 0.4) is 0 Å². The van der Waals surface area contributed by atoms with E-state index in [0.29, 0.717) is 43.6 Å². The summed E-state index contributed by atoms with van der Waals surface area (Å²) in [6.45, 7) is 6.41. The number of carbonyl (C=O) groups is 2. The molecule has 1 saturated heterocycles. The fraction of sp³-hybridized carbons (Fsp3) is 0.579. The molecule has 0 atom stereocenters. The number of halogens is 1. The van der Waals surface area contributed by atoms with Gasteiger partial charge in [0.05, 0.1) is 26.2 Å². The van der Waals surface area contributed by atoms with E-state index >= 15 is 0 Å². The van der Waals surface area contributed by atoms with Gasteiger partial charge in [0.1, 0.15) is 5.75 Å². The van der Waals surface area contributed by atoms with Crippen molar-refractivity contribution in [1.29, 1.82) is 0 Å². The van der Waals surface area contributed by atoms with Crippen LogP contribution in [0.2, 0.25) is 5.02 Å². The molecule has 0 spiro atoms. The van der Waals surface area contributed by atoms with E-state index < -0.39 is 0 Å². The van der Waals surface area contributed by atoms with Crippen molar-refractivity contribution in [1.82, 2.24) is 10.2 Å². The van der Waals surface area contributed by atoms with Gasteiger partial charge in [-0.15, -0.1) is 0 Å². The van der Waals surface area contributed by atoms with Crippen LogP contribution in [0.1, 0.15) is 12.0 Å². The molecule has 2 amide bonds. The highest BCUT2D eigenvalue weighted by molar-refractivity contribution is 6.30. The Bertz CT molecular complexity index is 633. The van der Waals surface area contributed by atoms with Crippen LogP contribution in [0.25, 0.3) is 0 Å². The Morgan fingerprint density at radius 1 is 1.30 bits per heavy atom. The summed E-state index contributed by atoms with van der Waals surface area (Å²) in [5, 5.41) is 3.54. The van der Waals surface area contributed by atoms with E-state index in [2.05, 4.69) is 5.32 Å². The summed E-state index contributed by atoms with van der Waals surface area (Å²) in [5.41, 5.74) is 0.904. The first kappa shape index (κ1) is 21.5. The van der Waals surface area contributed by atoms with Crippen LogP contribution in [-0.2, 0) is 14.3 Å². The highest BCUT2D eigenvalue weighted by Gasteiger charge is 2.25. The standard InChI is InChI=1S/C19H28ClN3O4/c1-15-12-16(20)4-5-17(15)27-14-19(25)23-9-7-22(8-10-23)13-18(24)21-6-3-11-26-2/h4-5,12H,3,6-11,13-14H2,1-2H3,(H,21,24)/p+1. The first-order valence-corrected chi connectivity index (χ1v) is 9.63. The monoisotopic (exact) mass is 398 g/mol. The van der Waals surface area contributed by atoms with E-state index in [1.54, 1.807) is 24.1 Å². The average Bonchev–Trinajstić information content (AvgIpc) is 2.65. The maximum Gasteiger partial charge on any atom is 0.275 e. The van der Waals surface area contributed by atoms with Crippen molar-refractivity contribution in [2.45, 2.75) is 13.3 Å². The van der Waals surface area contributed by atoms with Gasteiger partial charge in [0.2, 0.25) is 0 Å². The normalized spacial score (nSPS) is 14.9. The number of aryl methyl sites for hydroxylation is 1. The number of ether oxygens (including phenoxy) is 2. The number of methoxy groups -OCH3 is 1. The van der Waals surface area contributed by atoms with Crippen molar-refractivity contribution in [3.63, 3.8) is 0 Å². The summed E-state index contributed by atoms with van der Waals surface area (Å²) >= 11 is 5.93. The molecular formula is C19H29ClN3O4+. The number of piperazine rings is 1. The molecule has 0 radical (unpaired) electrons. The highest BCUT2D eigenvalue weighted by atomic mass is 35.5. The van der Waals surface area contributed by atoms with E-state index in [0.717, 1.165) is 25.1 Å². The number of amides is 2. The van der Waals surface area contributed by atoms with Crippen LogP contribution < -0.4 is 15.0 Å². The van der Waals surface area contributed by atoms with E-state index in [1.807, 2.05) is 13.0 Å². The fourth-order valence-corrected chi connectivity index (χ4v) is 3.22. The molecule has 27 heavy (non-hydrogen) atoms. The molecule has 0 unspecified atom stereocenters. The number of quaternary nitrogens is 1. The predicted octanol–water partition coefficient (Wildman–Crippen LogP) is -0.0930. The Balaban J connectivity index is 1.67. The molecule has 1 fully saturated rings. The lowest BCUT2D eigenvalue weighted by molar-refractivity contribution is -0.896. The molecule has 150 valence electrons. The number of nitrogens with one attached hydrogen (secondary N) is 2. The van der Waals surface area contributed by atoms with Gasteiger partial charge < -0.3 is 24.6 Å². The van der Waals surface area contributed by atoms with Gasteiger partial charge in [-0.3, -0.25) is 9.59 Å². The summed E-state index contributed by atoms with van der Waals surface area (Å²) in [4.78, 5) is 27.3. The van der Waals surface area contributed by atoms with Gasteiger partial charge in [-0.1, -0.05) is 11.6 Å². The van der Waals surface area contributed by atoms with E-state index in [-0.39, 0.29) is 18.4 Å². The van der Waals surface area contributed by atoms with Crippen LogP contribution in [0.5, 0.6) is 5.75 Å². The van der Waals surface area contributed by atoms with Gasteiger partial charge in [-0.25, -0.2) is 0 Å². The Kier molecular flexibility index (Phi) is 8.84. The molecule has 0 aromatic heterocycles. The molecule has 7 nitrogen and oxygen atoms in total. The predicted molar refractivity (Wildman–Crippen MR) is 103 cm³/mol. The third kappa shape index (κ3) is 7.36. The molecule has 2 N–H and O–H groups in total. The number of hydrogen-bond acceptors (Lipinski definition) is 4. The molecule has 0 bridgehead atoms. The minimum absolute atomic E-state index is 0.0117. The first-order valence-electron chi connectivity index (χ1n) is 9.25. The summed E-state index contributed by atoms with van der Waals surface area (Å²) < 4.78 is 10.6. The zero-order valence-corrected chi connectivity index (χ0v) is 16.8. The molecule has 8 heteroatoms. The van der Waals surface area contributed by atoms with Gasteiger partial charge in [0, 0.05) is 25.3 Å². The second-order valence-electron chi connectivity index (χ2n) is 6.70. The zero-order chi connectivity index (χ0) is 19.6. The summed E-state index contributed by atoms with van der Waals surface area (Å²) in [7, 11) is 1.65. The SMILES string of the molecule is COCCCNC(=O)C[NH+]1CCN(C(=O)COc2ccc(Cl)cc2C)CC1. The molecule has 1 aromatic rings. The van der Waals surface area contributed by atoms with Crippen LogP contribution in [-0.4, -0.2) is 76.3 Å². The first-order chi connectivity index (χ1) is 13.0. The van der Waals surface area contributed by atoms with Gasteiger partial charge in [-0.2, -0.15) is 0 Å². The number of benzene rings is 1. The topological polar surface area (TPSA) is 72.3 Å². The summed E-state index contributed by atoms with van der Waals surface area (Å²) in [6, 6.07) is 5.33. The van der Waals surface area contributed by atoms with Crippen molar-refractivity contribution in [2.75, 3.05) is 59.6 Å². The molecule has 1 aliphatic heterocycles. The van der Waals surface area contributed by atoms with Crippen molar-refractivity contribution in [2.24, 2.45) is 0 Å². The molecule has 1 aliphatic rings. The maximum atomic E-state index is 12.4. The quantitative estimate of drug-likeness (QED) is 0.570. The molecule has 2 rings (SSSR count). The highest BCUT2D eigenvalue weighted by Crippen LogP contribution is 2.21. The number of carbonyl (C=O) groups excluding carboxylic acids is 2. The fourth-order valence-electron chi connectivity index (χ4n) is 2.99. The maximum absolute atomic E-state index is 12.4. The number of hydrogen-bond donors (Lipinski definition) is 2. The molecule has 0 saturated carbocycles. The smallest absolute Gasteiger partial charge is 0.275 e. The Morgan fingerprint density at radius 2 is 2.04 bits per heavy atom. The van der Waals surface area contributed by atoms with Crippen LogP contribution in [0.15, 0.2) is 18.2 Å². The van der Waals surface area contributed by atoms with E-state index in [4.69, 9.17) is 21.1 Å². The Morgan fingerprint density at radius 3 is 2.70 bits per heavy atom. The van der Waals surface area contributed by atoms with Gasteiger partial charge in [-0.05, 0) is 37.1 Å². The molecular weight excluding hydrogens is 370 g/mol. The van der Waals surface area contributed by atoms with Gasteiger partial charge in [0.25, 0.3) is 11.8 Å². The lowest BCUT2D eigenvalue weighted by Crippen LogP contribution is -3.15. The van der Waals surface area contributed by atoms with Crippen molar-refractivity contribution >= 4 is 23.4 Å². The lowest BCUT2D eigenvalue weighted by atomic mass is 10.2.